The zero-order valence-electron chi connectivity index (χ0n) is 8.18. The van der Waals surface area contributed by atoms with Gasteiger partial charge in [-0.3, -0.25) is 0 Å². The third-order valence-corrected chi connectivity index (χ3v) is 2.79. The quantitative estimate of drug-likeness (QED) is 0.798. The number of nitrogen functional groups attached to an aromatic ring is 1. The second-order valence-corrected chi connectivity index (χ2v) is 4.38. The molecule has 0 aliphatic rings. The number of nitrogens with two attached hydrogens (primary N) is 1. The van der Waals surface area contributed by atoms with Crippen LogP contribution in [0, 0.1) is 0 Å². The SMILES string of the molecule is CCCC(C)c1cc(Br)ccc1N. The number of hydrogen-bond acceptors (Lipinski definition) is 1. The van der Waals surface area contributed by atoms with Gasteiger partial charge in [-0.1, -0.05) is 36.2 Å². The van der Waals surface area contributed by atoms with Crippen molar-refractivity contribution in [1.82, 2.24) is 0 Å². The van der Waals surface area contributed by atoms with Crippen molar-refractivity contribution in [2.75, 3.05) is 5.73 Å². The van der Waals surface area contributed by atoms with Crippen LogP contribution in [0.4, 0.5) is 5.69 Å². The lowest BCUT2D eigenvalue weighted by atomic mass is 9.95. The maximum Gasteiger partial charge on any atom is 0.0350 e. The summed E-state index contributed by atoms with van der Waals surface area (Å²) in [6, 6.07) is 6.07. The minimum absolute atomic E-state index is 0.558. The molecule has 0 heterocycles. The average molecular weight is 242 g/mol. The highest BCUT2D eigenvalue weighted by Crippen LogP contribution is 2.28. The maximum atomic E-state index is 5.90. The van der Waals surface area contributed by atoms with E-state index in [0.717, 1.165) is 10.2 Å². The Morgan fingerprint density at radius 3 is 2.77 bits per heavy atom. The summed E-state index contributed by atoms with van der Waals surface area (Å²) in [5.74, 6) is 0.558. The molecule has 0 aliphatic heterocycles. The Morgan fingerprint density at radius 2 is 2.15 bits per heavy atom. The van der Waals surface area contributed by atoms with Crippen molar-refractivity contribution in [2.24, 2.45) is 0 Å². The molecular formula is C11H16BrN. The van der Waals surface area contributed by atoms with Crippen molar-refractivity contribution < 1.29 is 0 Å². The van der Waals surface area contributed by atoms with E-state index >= 15 is 0 Å². The fourth-order valence-corrected chi connectivity index (χ4v) is 1.94. The van der Waals surface area contributed by atoms with Crippen LogP contribution in [0.3, 0.4) is 0 Å². The first kappa shape index (κ1) is 10.6. The predicted octanol–water partition coefficient (Wildman–Crippen LogP) is 3.93. The standard InChI is InChI=1S/C11H16BrN/c1-3-4-8(2)10-7-9(12)5-6-11(10)13/h5-8H,3-4,13H2,1-2H3. The summed E-state index contributed by atoms with van der Waals surface area (Å²) in [6.45, 7) is 4.42. The Hall–Kier alpha value is -0.500. The van der Waals surface area contributed by atoms with Gasteiger partial charge in [-0.2, -0.15) is 0 Å². The summed E-state index contributed by atoms with van der Waals surface area (Å²) in [5.41, 5.74) is 8.07. The molecule has 0 saturated carbocycles. The molecule has 1 rings (SSSR count). The molecule has 0 spiro atoms. The number of hydrogen-bond donors (Lipinski definition) is 1. The highest BCUT2D eigenvalue weighted by molar-refractivity contribution is 9.10. The molecule has 0 bridgehead atoms. The Bertz CT molecular complexity index is 283. The van der Waals surface area contributed by atoms with Gasteiger partial charge in [-0.15, -0.1) is 0 Å². The van der Waals surface area contributed by atoms with Gasteiger partial charge in [0.2, 0.25) is 0 Å². The topological polar surface area (TPSA) is 26.0 Å². The fourth-order valence-electron chi connectivity index (χ4n) is 1.56. The van der Waals surface area contributed by atoms with E-state index in [1.807, 2.05) is 12.1 Å². The van der Waals surface area contributed by atoms with E-state index in [1.165, 1.54) is 18.4 Å². The summed E-state index contributed by atoms with van der Waals surface area (Å²) in [4.78, 5) is 0. The van der Waals surface area contributed by atoms with Crippen molar-refractivity contribution in [2.45, 2.75) is 32.6 Å². The molecule has 1 unspecified atom stereocenters. The summed E-state index contributed by atoms with van der Waals surface area (Å²) in [5, 5.41) is 0. The third-order valence-electron chi connectivity index (χ3n) is 2.30. The molecule has 0 radical (unpaired) electrons. The molecule has 0 saturated heterocycles. The van der Waals surface area contributed by atoms with Crippen LogP contribution in [0.25, 0.3) is 0 Å². The Balaban J connectivity index is 2.91. The van der Waals surface area contributed by atoms with Gasteiger partial charge in [0.1, 0.15) is 0 Å². The molecule has 2 N–H and O–H groups in total. The monoisotopic (exact) mass is 241 g/mol. The summed E-state index contributed by atoms with van der Waals surface area (Å²) < 4.78 is 1.11. The highest BCUT2D eigenvalue weighted by atomic mass is 79.9. The number of halogens is 1. The molecule has 2 heteroatoms. The summed E-state index contributed by atoms with van der Waals surface area (Å²) in [6.07, 6.45) is 2.40. The lowest BCUT2D eigenvalue weighted by Gasteiger charge is -2.13. The van der Waals surface area contributed by atoms with Crippen molar-refractivity contribution >= 4 is 21.6 Å². The van der Waals surface area contributed by atoms with Gasteiger partial charge in [0.15, 0.2) is 0 Å². The maximum absolute atomic E-state index is 5.90. The van der Waals surface area contributed by atoms with Crippen LogP contribution in [0.1, 0.15) is 38.2 Å². The first-order valence-corrected chi connectivity index (χ1v) is 5.49. The van der Waals surface area contributed by atoms with Crippen molar-refractivity contribution in [3.63, 3.8) is 0 Å². The largest absolute Gasteiger partial charge is 0.398 e. The van der Waals surface area contributed by atoms with Crippen molar-refractivity contribution in [1.29, 1.82) is 0 Å². The number of rotatable bonds is 3. The molecule has 0 aliphatic carbocycles. The van der Waals surface area contributed by atoms with Crippen LogP contribution >= 0.6 is 15.9 Å². The molecule has 0 aromatic heterocycles. The van der Waals surface area contributed by atoms with Gasteiger partial charge in [0, 0.05) is 10.2 Å². The molecular weight excluding hydrogens is 226 g/mol. The zero-order chi connectivity index (χ0) is 9.84. The van der Waals surface area contributed by atoms with E-state index < -0.39 is 0 Å². The Labute approximate surface area is 88.5 Å². The van der Waals surface area contributed by atoms with Crippen LogP contribution in [0.5, 0.6) is 0 Å². The molecule has 0 fully saturated rings. The van der Waals surface area contributed by atoms with Crippen molar-refractivity contribution in [3.05, 3.63) is 28.2 Å². The molecule has 1 atom stereocenters. The van der Waals surface area contributed by atoms with E-state index in [9.17, 15) is 0 Å². The third kappa shape index (κ3) is 2.73. The first-order chi connectivity index (χ1) is 6.15. The molecule has 13 heavy (non-hydrogen) atoms. The van der Waals surface area contributed by atoms with Crippen molar-refractivity contribution in [3.8, 4) is 0 Å². The second-order valence-electron chi connectivity index (χ2n) is 3.46. The molecule has 72 valence electrons. The minimum atomic E-state index is 0.558. The zero-order valence-corrected chi connectivity index (χ0v) is 9.76. The van der Waals surface area contributed by atoms with E-state index in [2.05, 4.69) is 35.8 Å². The summed E-state index contributed by atoms with van der Waals surface area (Å²) in [7, 11) is 0. The highest BCUT2D eigenvalue weighted by Gasteiger charge is 2.08. The minimum Gasteiger partial charge on any atom is -0.398 e. The van der Waals surface area contributed by atoms with E-state index in [4.69, 9.17) is 5.73 Å². The average Bonchev–Trinajstić information content (AvgIpc) is 2.09. The summed E-state index contributed by atoms with van der Waals surface area (Å²) >= 11 is 3.46. The lowest BCUT2D eigenvalue weighted by molar-refractivity contribution is 0.666. The molecule has 0 amide bonds. The van der Waals surface area contributed by atoms with Crippen LogP contribution in [-0.4, -0.2) is 0 Å². The van der Waals surface area contributed by atoms with Gasteiger partial charge in [0.25, 0.3) is 0 Å². The molecule has 1 aromatic carbocycles. The Kier molecular flexibility index (Phi) is 3.79. The van der Waals surface area contributed by atoms with Crippen LogP contribution in [-0.2, 0) is 0 Å². The van der Waals surface area contributed by atoms with Gasteiger partial charge in [-0.05, 0) is 36.1 Å². The van der Waals surface area contributed by atoms with Crippen LogP contribution < -0.4 is 5.73 Å². The Morgan fingerprint density at radius 1 is 1.46 bits per heavy atom. The molecule has 1 nitrogen and oxygen atoms in total. The number of anilines is 1. The second kappa shape index (κ2) is 4.66. The van der Waals surface area contributed by atoms with Gasteiger partial charge < -0.3 is 5.73 Å². The fraction of sp³-hybridized carbons (Fsp3) is 0.455. The normalized spacial score (nSPS) is 12.8. The van der Waals surface area contributed by atoms with E-state index in [1.54, 1.807) is 0 Å². The van der Waals surface area contributed by atoms with E-state index in [-0.39, 0.29) is 0 Å². The number of benzene rings is 1. The van der Waals surface area contributed by atoms with Gasteiger partial charge >= 0.3 is 0 Å². The van der Waals surface area contributed by atoms with Crippen LogP contribution in [0.15, 0.2) is 22.7 Å². The first-order valence-electron chi connectivity index (χ1n) is 4.70. The van der Waals surface area contributed by atoms with Gasteiger partial charge in [-0.25, -0.2) is 0 Å². The van der Waals surface area contributed by atoms with Gasteiger partial charge in [0.05, 0.1) is 0 Å². The lowest BCUT2D eigenvalue weighted by Crippen LogP contribution is -1.99. The molecule has 1 aromatic rings. The van der Waals surface area contributed by atoms with Crippen LogP contribution in [0.2, 0.25) is 0 Å². The smallest absolute Gasteiger partial charge is 0.0350 e. The van der Waals surface area contributed by atoms with E-state index in [0.29, 0.717) is 5.92 Å². The predicted molar refractivity (Wildman–Crippen MR) is 61.9 cm³/mol.